The summed E-state index contributed by atoms with van der Waals surface area (Å²) < 4.78 is 0.784. The second-order valence-electron chi connectivity index (χ2n) is 4.21. The molecule has 2 rings (SSSR count). The maximum Gasteiger partial charge on any atom is 0.251 e. The zero-order valence-electron chi connectivity index (χ0n) is 10.4. The van der Waals surface area contributed by atoms with Gasteiger partial charge in [0.2, 0.25) is 0 Å². The number of nitrogens with zero attached hydrogens (tertiary/aromatic N) is 1. The maximum atomic E-state index is 12.1. The van der Waals surface area contributed by atoms with Crippen LogP contribution in [0.3, 0.4) is 0 Å². The van der Waals surface area contributed by atoms with Crippen LogP contribution in [0.2, 0.25) is 0 Å². The number of carbonyl (C=O) groups is 1. The van der Waals surface area contributed by atoms with Gasteiger partial charge in [0.1, 0.15) is 0 Å². The summed E-state index contributed by atoms with van der Waals surface area (Å²) in [5.74, 6) is -0.150. The molecule has 4 nitrogen and oxygen atoms in total. The summed E-state index contributed by atoms with van der Waals surface area (Å²) in [4.78, 5) is 16.0. The third kappa shape index (κ3) is 3.32. The van der Waals surface area contributed by atoms with Crippen molar-refractivity contribution in [1.82, 2.24) is 10.3 Å². The Hall–Kier alpha value is -1.88. The van der Waals surface area contributed by atoms with E-state index in [9.17, 15) is 4.79 Å². The van der Waals surface area contributed by atoms with Crippen LogP contribution in [-0.2, 0) is 0 Å². The minimum atomic E-state index is -0.150. The number of benzene rings is 1. The molecule has 1 aromatic heterocycles. The normalized spacial score (nSPS) is 11.9. The molecule has 98 valence electrons. The first-order valence-corrected chi connectivity index (χ1v) is 6.63. The van der Waals surface area contributed by atoms with Gasteiger partial charge in [0.25, 0.3) is 5.91 Å². The molecule has 19 heavy (non-hydrogen) atoms. The van der Waals surface area contributed by atoms with Gasteiger partial charge >= 0.3 is 0 Å². The van der Waals surface area contributed by atoms with E-state index >= 15 is 0 Å². The lowest BCUT2D eigenvalue weighted by atomic mass is 10.1. The standard InChI is InChI=1S/C14H14BrN3O/c1-9(10-4-6-17-7-5-10)18-14(19)11-2-3-12(15)13(16)8-11/h2-9H,16H2,1H3,(H,18,19)/t9-/m0/s1. The molecule has 0 fully saturated rings. The monoisotopic (exact) mass is 319 g/mol. The van der Waals surface area contributed by atoms with Crippen LogP contribution in [0, 0.1) is 0 Å². The summed E-state index contributed by atoms with van der Waals surface area (Å²) in [6, 6.07) is 8.82. The lowest BCUT2D eigenvalue weighted by Gasteiger charge is -2.14. The number of aromatic nitrogens is 1. The molecule has 0 saturated carbocycles. The summed E-state index contributed by atoms with van der Waals surface area (Å²) in [6.07, 6.45) is 3.41. The quantitative estimate of drug-likeness (QED) is 0.855. The van der Waals surface area contributed by atoms with E-state index in [1.165, 1.54) is 0 Å². The lowest BCUT2D eigenvalue weighted by molar-refractivity contribution is 0.0940. The Morgan fingerprint density at radius 1 is 1.32 bits per heavy atom. The number of nitrogens with one attached hydrogen (secondary N) is 1. The molecule has 1 aromatic carbocycles. The zero-order chi connectivity index (χ0) is 13.8. The molecule has 1 atom stereocenters. The first kappa shape index (κ1) is 13.5. The van der Waals surface area contributed by atoms with Crippen LogP contribution < -0.4 is 11.1 Å². The summed E-state index contributed by atoms with van der Waals surface area (Å²) in [5.41, 5.74) is 7.86. The van der Waals surface area contributed by atoms with Crippen LogP contribution in [0.5, 0.6) is 0 Å². The Morgan fingerprint density at radius 2 is 2.00 bits per heavy atom. The summed E-state index contributed by atoms with van der Waals surface area (Å²) in [7, 11) is 0. The van der Waals surface area contributed by atoms with Gasteiger partial charge in [-0.25, -0.2) is 0 Å². The number of hydrogen-bond acceptors (Lipinski definition) is 3. The molecule has 0 saturated heterocycles. The molecule has 0 aliphatic carbocycles. The Kier molecular flexibility index (Phi) is 4.16. The SMILES string of the molecule is C[C@H](NC(=O)c1ccc(Br)c(N)c1)c1ccncc1. The molecule has 1 amide bonds. The van der Waals surface area contributed by atoms with Crippen molar-refractivity contribution in [2.24, 2.45) is 0 Å². The van der Waals surface area contributed by atoms with Gasteiger partial charge in [-0.05, 0) is 58.7 Å². The Labute approximate surface area is 120 Å². The number of nitrogen functional groups attached to an aromatic ring is 1. The number of hydrogen-bond donors (Lipinski definition) is 2. The minimum absolute atomic E-state index is 0.0830. The number of anilines is 1. The third-order valence-electron chi connectivity index (χ3n) is 2.81. The predicted molar refractivity (Wildman–Crippen MR) is 78.7 cm³/mol. The number of nitrogens with two attached hydrogens (primary N) is 1. The van der Waals surface area contributed by atoms with Crippen molar-refractivity contribution in [2.45, 2.75) is 13.0 Å². The second-order valence-corrected chi connectivity index (χ2v) is 5.07. The van der Waals surface area contributed by atoms with E-state index in [0.717, 1.165) is 10.0 Å². The van der Waals surface area contributed by atoms with Crippen LogP contribution in [0.4, 0.5) is 5.69 Å². The highest BCUT2D eigenvalue weighted by atomic mass is 79.9. The predicted octanol–water partition coefficient (Wildman–Crippen LogP) is 2.92. The first-order chi connectivity index (χ1) is 9.08. The zero-order valence-corrected chi connectivity index (χ0v) is 12.0. The van der Waals surface area contributed by atoms with Crippen LogP contribution in [0.15, 0.2) is 47.2 Å². The highest BCUT2D eigenvalue weighted by Crippen LogP contribution is 2.20. The van der Waals surface area contributed by atoms with Gasteiger partial charge in [0.15, 0.2) is 0 Å². The largest absolute Gasteiger partial charge is 0.398 e. The molecular weight excluding hydrogens is 306 g/mol. The van der Waals surface area contributed by atoms with E-state index in [4.69, 9.17) is 5.73 Å². The molecule has 0 aliphatic heterocycles. The highest BCUT2D eigenvalue weighted by molar-refractivity contribution is 9.10. The van der Waals surface area contributed by atoms with Gasteiger partial charge in [0, 0.05) is 28.1 Å². The van der Waals surface area contributed by atoms with Crippen LogP contribution in [-0.4, -0.2) is 10.9 Å². The average molecular weight is 320 g/mol. The van der Waals surface area contributed by atoms with Gasteiger partial charge in [0.05, 0.1) is 6.04 Å². The van der Waals surface area contributed by atoms with E-state index in [2.05, 4.69) is 26.2 Å². The fourth-order valence-corrected chi connectivity index (χ4v) is 1.95. The Bertz CT molecular complexity index is 586. The Morgan fingerprint density at radius 3 is 2.63 bits per heavy atom. The van der Waals surface area contributed by atoms with Gasteiger partial charge in [-0.2, -0.15) is 0 Å². The van der Waals surface area contributed by atoms with Crippen LogP contribution in [0.25, 0.3) is 0 Å². The van der Waals surface area contributed by atoms with Gasteiger partial charge < -0.3 is 11.1 Å². The van der Waals surface area contributed by atoms with Crippen molar-refractivity contribution < 1.29 is 4.79 Å². The molecule has 2 aromatic rings. The average Bonchev–Trinajstić information content (AvgIpc) is 2.42. The molecule has 0 unspecified atom stereocenters. The van der Waals surface area contributed by atoms with Crippen molar-refractivity contribution in [3.63, 3.8) is 0 Å². The van der Waals surface area contributed by atoms with Crippen LogP contribution >= 0.6 is 15.9 Å². The third-order valence-corrected chi connectivity index (χ3v) is 3.53. The molecule has 3 N–H and O–H groups in total. The van der Waals surface area contributed by atoms with Crippen molar-refractivity contribution in [3.05, 3.63) is 58.3 Å². The molecule has 0 spiro atoms. The molecule has 0 aliphatic rings. The summed E-state index contributed by atoms with van der Waals surface area (Å²) in [6.45, 7) is 1.93. The number of amides is 1. The van der Waals surface area contributed by atoms with E-state index in [0.29, 0.717) is 11.3 Å². The molecule has 1 heterocycles. The fraction of sp³-hybridized carbons (Fsp3) is 0.143. The maximum absolute atomic E-state index is 12.1. The van der Waals surface area contributed by atoms with Gasteiger partial charge in [-0.15, -0.1) is 0 Å². The topological polar surface area (TPSA) is 68.0 Å². The Balaban J connectivity index is 2.11. The number of halogens is 1. The van der Waals surface area contributed by atoms with E-state index < -0.39 is 0 Å². The number of rotatable bonds is 3. The number of carbonyl (C=O) groups excluding carboxylic acids is 1. The number of pyridine rings is 1. The first-order valence-electron chi connectivity index (χ1n) is 5.83. The molecule has 0 bridgehead atoms. The fourth-order valence-electron chi connectivity index (χ4n) is 1.70. The van der Waals surface area contributed by atoms with E-state index in [1.54, 1.807) is 30.6 Å². The molecule has 5 heteroatoms. The lowest BCUT2D eigenvalue weighted by Crippen LogP contribution is -2.26. The van der Waals surface area contributed by atoms with Crippen molar-refractivity contribution in [2.75, 3.05) is 5.73 Å². The summed E-state index contributed by atoms with van der Waals surface area (Å²) in [5, 5.41) is 2.92. The van der Waals surface area contributed by atoms with Crippen LogP contribution in [0.1, 0.15) is 28.9 Å². The van der Waals surface area contributed by atoms with Crippen molar-refractivity contribution >= 4 is 27.5 Å². The molecule has 0 radical (unpaired) electrons. The molecular formula is C14H14BrN3O. The van der Waals surface area contributed by atoms with Crippen molar-refractivity contribution in [1.29, 1.82) is 0 Å². The van der Waals surface area contributed by atoms with Crippen molar-refractivity contribution in [3.8, 4) is 0 Å². The second kappa shape index (κ2) is 5.84. The smallest absolute Gasteiger partial charge is 0.251 e. The summed E-state index contributed by atoms with van der Waals surface area (Å²) >= 11 is 3.30. The minimum Gasteiger partial charge on any atom is -0.398 e. The van der Waals surface area contributed by atoms with Gasteiger partial charge in [-0.1, -0.05) is 0 Å². The van der Waals surface area contributed by atoms with E-state index in [1.807, 2.05) is 19.1 Å². The van der Waals surface area contributed by atoms with E-state index in [-0.39, 0.29) is 11.9 Å². The highest BCUT2D eigenvalue weighted by Gasteiger charge is 2.12. The van der Waals surface area contributed by atoms with Gasteiger partial charge in [-0.3, -0.25) is 9.78 Å².